The number of carbonyl (C=O) groups is 1. The molecular weight excluding hydrogens is 192 g/mol. The van der Waals surface area contributed by atoms with Gasteiger partial charge in [0.15, 0.2) is 0 Å². The van der Waals surface area contributed by atoms with Gasteiger partial charge >= 0.3 is 5.97 Å². The lowest BCUT2D eigenvalue weighted by Crippen LogP contribution is -2.31. The maximum absolute atomic E-state index is 11.3. The fraction of sp³-hybridized carbons (Fsp3) is 0.455. The normalized spacial score (nSPS) is 25.1. The number of hydrogen-bond acceptors (Lipinski definition) is 4. The molecule has 0 bridgehead atoms. The molecule has 0 spiro atoms. The number of methoxy groups -OCH3 is 1. The van der Waals surface area contributed by atoms with Gasteiger partial charge in [-0.05, 0) is 24.0 Å². The average molecular weight is 206 g/mol. The lowest BCUT2D eigenvalue weighted by atomic mass is 9.98. The van der Waals surface area contributed by atoms with Gasteiger partial charge < -0.3 is 10.1 Å². The average Bonchev–Trinajstić information content (AvgIpc) is 2.78. The SMILES string of the molecule is COC(=O)[C@@H]1CC(c2cccnc2)CN1. The molecule has 1 fully saturated rings. The van der Waals surface area contributed by atoms with Crippen molar-refractivity contribution in [1.82, 2.24) is 10.3 Å². The molecule has 1 unspecified atom stereocenters. The summed E-state index contributed by atoms with van der Waals surface area (Å²) in [6, 6.07) is 3.79. The van der Waals surface area contributed by atoms with Crippen LogP contribution in [0.2, 0.25) is 0 Å². The Morgan fingerprint density at radius 2 is 2.53 bits per heavy atom. The van der Waals surface area contributed by atoms with E-state index in [1.54, 1.807) is 6.20 Å². The second-order valence-electron chi connectivity index (χ2n) is 3.70. The van der Waals surface area contributed by atoms with Gasteiger partial charge in [-0.1, -0.05) is 6.07 Å². The summed E-state index contributed by atoms with van der Waals surface area (Å²) in [5.74, 6) is 0.184. The van der Waals surface area contributed by atoms with Crippen molar-refractivity contribution in [3.63, 3.8) is 0 Å². The van der Waals surface area contributed by atoms with Crippen LogP contribution in [-0.2, 0) is 9.53 Å². The third kappa shape index (κ3) is 2.15. The van der Waals surface area contributed by atoms with E-state index < -0.39 is 0 Å². The van der Waals surface area contributed by atoms with Crippen LogP contribution in [0.1, 0.15) is 17.9 Å². The van der Waals surface area contributed by atoms with E-state index in [-0.39, 0.29) is 12.0 Å². The molecule has 0 radical (unpaired) electrons. The van der Waals surface area contributed by atoms with Crippen LogP contribution in [0.5, 0.6) is 0 Å². The van der Waals surface area contributed by atoms with Crippen LogP contribution in [0.4, 0.5) is 0 Å². The van der Waals surface area contributed by atoms with Gasteiger partial charge in [0.2, 0.25) is 0 Å². The fourth-order valence-electron chi connectivity index (χ4n) is 1.93. The van der Waals surface area contributed by atoms with Gasteiger partial charge in [-0.15, -0.1) is 0 Å². The zero-order valence-corrected chi connectivity index (χ0v) is 8.64. The van der Waals surface area contributed by atoms with Crippen molar-refractivity contribution < 1.29 is 9.53 Å². The van der Waals surface area contributed by atoms with Crippen LogP contribution < -0.4 is 5.32 Å². The molecule has 2 atom stereocenters. The summed E-state index contributed by atoms with van der Waals surface area (Å²) in [5.41, 5.74) is 1.18. The van der Waals surface area contributed by atoms with E-state index in [1.165, 1.54) is 12.7 Å². The van der Waals surface area contributed by atoms with Crippen LogP contribution in [0, 0.1) is 0 Å². The van der Waals surface area contributed by atoms with Gasteiger partial charge in [0, 0.05) is 18.9 Å². The topological polar surface area (TPSA) is 51.2 Å². The number of carbonyl (C=O) groups excluding carboxylic acids is 1. The van der Waals surface area contributed by atoms with Crippen molar-refractivity contribution in [1.29, 1.82) is 0 Å². The molecule has 2 rings (SSSR count). The number of ether oxygens (including phenoxy) is 1. The van der Waals surface area contributed by atoms with Gasteiger partial charge in [0.05, 0.1) is 7.11 Å². The zero-order valence-electron chi connectivity index (χ0n) is 8.64. The second kappa shape index (κ2) is 4.40. The van der Waals surface area contributed by atoms with Gasteiger partial charge in [0.25, 0.3) is 0 Å². The first kappa shape index (κ1) is 10.1. The monoisotopic (exact) mass is 206 g/mol. The first-order valence-electron chi connectivity index (χ1n) is 5.02. The highest BCUT2D eigenvalue weighted by molar-refractivity contribution is 5.76. The largest absolute Gasteiger partial charge is 0.468 e. The summed E-state index contributed by atoms with van der Waals surface area (Å²) in [6.45, 7) is 0.811. The molecule has 2 heterocycles. The maximum Gasteiger partial charge on any atom is 0.322 e. The van der Waals surface area contributed by atoms with E-state index in [0.717, 1.165) is 13.0 Å². The van der Waals surface area contributed by atoms with E-state index in [2.05, 4.69) is 10.3 Å². The van der Waals surface area contributed by atoms with E-state index >= 15 is 0 Å². The van der Waals surface area contributed by atoms with Gasteiger partial charge in [0.1, 0.15) is 6.04 Å². The third-order valence-corrected chi connectivity index (χ3v) is 2.77. The summed E-state index contributed by atoms with van der Waals surface area (Å²) in [5, 5.41) is 3.15. The van der Waals surface area contributed by atoms with E-state index in [1.807, 2.05) is 18.3 Å². The first-order chi connectivity index (χ1) is 7.31. The molecule has 1 aromatic rings. The highest BCUT2D eigenvalue weighted by atomic mass is 16.5. The minimum absolute atomic E-state index is 0.166. The molecule has 80 valence electrons. The minimum atomic E-state index is -0.179. The van der Waals surface area contributed by atoms with Crippen molar-refractivity contribution in [2.45, 2.75) is 18.4 Å². The van der Waals surface area contributed by atoms with Crippen molar-refractivity contribution in [3.8, 4) is 0 Å². The van der Waals surface area contributed by atoms with Crippen molar-refractivity contribution in [2.75, 3.05) is 13.7 Å². The quantitative estimate of drug-likeness (QED) is 0.724. The molecule has 4 nitrogen and oxygen atoms in total. The summed E-state index contributed by atoms with van der Waals surface area (Å²) >= 11 is 0. The van der Waals surface area contributed by atoms with Gasteiger partial charge in [-0.2, -0.15) is 0 Å². The molecular formula is C11H14N2O2. The fourth-order valence-corrected chi connectivity index (χ4v) is 1.93. The summed E-state index contributed by atoms with van der Waals surface area (Å²) in [7, 11) is 1.42. The number of rotatable bonds is 2. The van der Waals surface area contributed by atoms with Crippen LogP contribution >= 0.6 is 0 Å². The standard InChI is InChI=1S/C11H14N2O2/c1-15-11(14)10-5-9(7-13-10)8-3-2-4-12-6-8/h2-4,6,9-10,13H,5,7H2,1H3/t9?,10-/m0/s1. The van der Waals surface area contributed by atoms with Crippen molar-refractivity contribution in [3.05, 3.63) is 30.1 Å². The minimum Gasteiger partial charge on any atom is -0.468 e. The van der Waals surface area contributed by atoms with Crippen LogP contribution in [0.25, 0.3) is 0 Å². The number of nitrogens with one attached hydrogen (secondary N) is 1. The van der Waals surface area contributed by atoms with Gasteiger partial charge in [-0.25, -0.2) is 0 Å². The highest BCUT2D eigenvalue weighted by Gasteiger charge is 2.30. The molecule has 0 aromatic carbocycles. The molecule has 0 aliphatic carbocycles. The van der Waals surface area contributed by atoms with Crippen LogP contribution in [0.3, 0.4) is 0 Å². The molecule has 15 heavy (non-hydrogen) atoms. The van der Waals surface area contributed by atoms with Crippen LogP contribution in [0.15, 0.2) is 24.5 Å². The Bertz CT molecular complexity index is 340. The Balaban J connectivity index is 2.02. The number of nitrogens with zero attached hydrogens (tertiary/aromatic N) is 1. The Kier molecular flexibility index (Phi) is 2.97. The van der Waals surface area contributed by atoms with Gasteiger partial charge in [-0.3, -0.25) is 9.78 Å². The van der Waals surface area contributed by atoms with E-state index in [0.29, 0.717) is 5.92 Å². The van der Waals surface area contributed by atoms with E-state index in [4.69, 9.17) is 4.74 Å². The molecule has 0 saturated carbocycles. The Hall–Kier alpha value is -1.42. The maximum atomic E-state index is 11.3. The molecule has 4 heteroatoms. The second-order valence-corrected chi connectivity index (χ2v) is 3.70. The number of hydrogen-bond donors (Lipinski definition) is 1. The molecule has 1 saturated heterocycles. The predicted molar refractivity (Wildman–Crippen MR) is 55.4 cm³/mol. The first-order valence-corrected chi connectivity index (χ1v) is 5.02. The number of esters is 1. The van der Waals surface area contributed by atoms with E-state index in [9.17, 15) is 4.79 Å². The van der Waals surface area contributed by atoms with Crippen LogP contribution in [-0.4, -0.2) is 30.6 Å². The summed E-state index contributed by atoms with van der Waals surface area (Å²) in [4.78, 5) is 15.4. The smallest absolute Gasteiger partial charge is 0.322 e. The molecule has 1 N–H and O–H groups in total. The zero-order chi connectivity index (χ0) is 10.7. The Labute approximate surface area is 88.7 Å². The van der Waals surface area contributed by atoms with Crippen molar-refractivity contribution >= 4 is 5.97 Å². The highest BCUT2D eigenvalue weighted by Crippen LogP contribution is 2.25. The predicted octanol–water partition coefficient (Wildman–Crippen LogP) is 0.700. The number of pyridine rings is 1. The number of aromatic nitrogens is 1. The molecule has 1 aliphatic heterocycles. The summed E-state index contributed by atoms with van der Waals surface area (Å²) < 4.78 is 4.70. The third-order valence-electron chi connectivity index (χ3n) is 2.77. The van der Waals surface area contributed by atoms with Crippen molar-refractivity contribution in [2.24, 2.45) is 0 Å². The molecule has 1 aromatic heterocycles. The Morgan fingerprint density at radius 3 is 3.20 bits per heavy atom. The Morgan fingerprint density at radius 1 is 1.67 bits per heavy atom. The molecule has 0 amide bonds. The lowest BCUT2D eigenvalue weighted by molar-refractivity contribution is -0.142. The lowest BCUT2D eigenvalue weighted by Gasteiger charge is -2.08. The summed E-state index contributed by atoms with van der Waals surface area (Å²) in [6.07, 6.45) is 4.40. The molecule has 1 aliphatic rings.